The van der Waals surface area contributed by atoms with Crippen LogP contribution in [0, 0.1) is 11.2 Å². The molecular formula is C17H20FN3O3. The second-order valence-corrected chi connectivity index (χ2v) is 6.63. The maximum absolute atomic E-state index is 13.2. The van der Waals surface area contributed by atoms with Crippen molar-refractivity contribution in [1.82, 2.24) is 14.9 Å². The van der Waals surface area contributed by atoms with Crippen LogP contribution in [-0.2, 0) is 16.0 Å². The highest BCUT2D eigenvalue weighted by Crippen LogP contribution is 2.30. The van der Waals surface area contributed by atoms with Crippen LogP contribution >= 0.6 is 0 Å². The Balaban J connectivity index is 1.63. The van der Waals surface area contributed by atoms with Gasteiger partial charge in [-0.2, -0.15) is 0 Å². The molecule has 1 aromatic heterocycles. The molecule has 0 aliphatic carbocycles. The zero-order valence-electron chi connectivity index (χ0n) is 13.5. The molecule has 0 bridgehead atoms. The van der Waals surface area contributed by atoms with E-state index in [0.717, 1.165) is 0 Å². The maximum atomic E-state index is 13.2. The van der Waals surface area contributed by atoms with Crippen molar-refractivity contribution >= 4 is 22.9 Å². The van der Waals surface area contributed by atoms with Crippen molar-refractivity contribution in [1.29, 1.82) is 0 Å². The van der Waals surface area contributed by atoms with Gasteiger partial charge in [-0.3, -0.25) is 9.59 Å². The molecule has 0 spiro atoms. The molecule has 1 saturated heterocycles. The van der Waals surface area contributed by atoms with Gasteiger partial charge in [-0.1, -0.05) is 0 Å². The SMILES string of the molecule is CC1(C(=O)O)CCCN(C(=O)CCc2nc3ccc(F)cc3[nH]2)C1. The highest BCUT2D eigenvalue weighted by molar-refractivity contribution is 5.80. The zero-order chi connectivity index (χ0) is 17.3. The van der Waals surface area contributed by atoms with Crippen LogP contribution in [0.4, 0.5) is 4.39 Å². The van der Waals surface area contributed by atoms with E-state index in [9.17, 15) is 19.1 Å². The van der Waals surface area contributed by atoms with Crippen molar-refractivity contribution in [3.8, 4) is 0 Å². The van der Waals surface area contributed by atoms with Crippen LogP contribution in [0.5, 0.6) is 0 Å². The molecule has 2 aromatic rings. The molecule has 2 N–H and O–H groups in total. The summed E-state index contributed by atoms with van der Waals surface area (Å²) in [5.74, 6) is -0.648. The number of carboxylic acid groups (broad SMARTS) is 1. The monoisotopic (exact) mass is 333 g/mol. The highest BCUT2D eigenvalue weighted by atomic mass is 19.1. The fraction of sp³-hybridized carbons (Fsp3) is 0.471. The molecule has 1 aliphatic rings. The van der Waals surface area contributed by atoms with E-state index >= 15 is 0 Å². The average Bonchev–Trinajstić information content (AvgIpc) is 2.94. The minimum absolute atomic E-state index is 0.0752. The maximum Gasteiger partial charge on any atom is 0.311 e. The number of rotatable bonds is 4. The smallest absolute Gasteiger partial charge is 0.311 e. The number of piperidine rings is 1. The molecule has 1 amide bonds. The first-order valence-electron chi connectivity index (χ1n) is 8.03. The van der Waals surface area contributed by atoms with Gasteiger partial charge in [-0.25, -0.2) is 9.37 Å². The fourth-order valence-corrected chi connectivity index (χ4v) is 3.16. The molecule has 1 aromatic carbocycles. The number of amides is 1. The minimum Gasteiger partial charge on any atom is -0.481 e. The lowest BCUT2D eigenvalue weighted by atomic mass is 9.82. The summed E-state index contributed by atoms with van der Waals surface area (Å²) in [6, 6.07) is 4.31. The van der Waals surface area contributed by atoms with Crippen LogP contribution in [0.3, 0.4) is 0 Å². The number of nitrogens with one attached hydrogen (secondary N) is 1. The lowest BCUT2D eigenvalue weighted by Gasteiger charge is -2.37. The second-order valence-electron chi connectivity index (χ2n) is 6.63. The molecule has 7 heteroatoms. The Bertz CT molecular complexity index is 788. The number of halogens is 1. The molecule has 1 aliphatic heterocycles. The number of hydrogen-bond acceptors (Lipinski definition) is 3. The number of fused-ring (bicyclic) bond motifs is 1. The summed E-state index contributed by atoms with van der Waals surface area (Å²) in [6.07, 6.45) is 1.94. The molecule has 1 fully saturated rings. The Labute approximate surface area is 138 Å². The summed E-state index contributed by atoms with van der Waals surface area (Å²) in [4.78, 5) is 32.7. The number of H-pyrrole nitrogens is 1. The molecule has 1 atom stereocenters. The van der Waals surface area contributed by atoms with Crippen LogP contribution in [0.25, 0.3) is 11.0 Å². The van der Waals surface area contributed by atoms with Gasteiger partial charge in [0.25, 0.3) is 0 Å². The molecule has 2 heterocycles. The lowest BCUT2D eigenvalue weighted by molar-refractivity contribution is -0.153. The third-order valence-electron chi connectivity index (χ3n) is 4.63. The standard InChI is InChI=1S/C17H20FN3O3/c1-17(16(23)24)7-2-8-21(10-17)15(22)6-5-14-19-12-4-3-11(18)9-13(12)20-14/h3-4,9H,2,5-8,10H2,1H3,(H,19,20)(H,23,24). The quantitative estimate of drug-likeness (QED) is 0.899. The first-order valence-corrected chi connectivity index (χ1v) is 8.03. The van der Waals surface area contributed by atoms with Crippen LogP contribution in [-0.4, -0.2) is 44.9 Å². The predicted octanol–water partition coefficient (Wildman–Crippen LogP) is 2.35. The Hall–Kier alpha value is -2.44. The number of aryl methyl sites for hydroxylation is 1. The second kappa shape index (κ2) is 6.22. The number of aliphatic carboxylic acids is 1. The van der Waals surface area contributed by atoms with E-state index in [1.807, 2.05) is 0 Å². The predicted molar refractivity (Wildman–Crippen MR) is 85.9 cm³/mol. The number of nitrogens with zero attached hydrogens (tertiary/aromatic N) is 2. The summed E-state index contributed by atoms with van der Waals surface area (Å²) in [6.45, 7) is 2.52. The third-order valence-corrected chi connectivity index (χ3v) is 4.63. The minimum atomic E-state index is -0.870. The summed E-state index contributed by atoms with van der Waals surface area (Å²) in [5, 5.41) is 9.32. The Kier molecular flexibility index (Phi) is 4.26. The van der Waals surface area contributed by atoms with Crippen molar-refractivity contribution in [2.75, 3.05) is 13.1 Å². The molecule has 128 valence electrons. The molecule has 0 saturated carbocycles. The van der Waals surface area contributed by atoms with Gasteiger partial charge in [-0.15, -0.1) is 0 Å². The van der Waals surface area contributed by atoms with Crippen molar-refractivity contribution in [3.63, 3.8) is 0 Å². The molecule has 3 rings (SSSR count). The molecule has 0 radical (unpaired) electrons. The number of aromatic nitrogens is 2. The molecular weight excluding hydrogens is 313 g/mol. The van der Waals surface area contributed by atoms with E-state index in [0.29, 0.717) is 42.7 Å². The largest absolute Gasteiger partial charge is 0.481 e. The number of aromatic amines is 1. The van der Waals surface area contributed by atoms with Crippen molar-refractivity contribution in [2.24, 2.45) is 5.41 Å². The van der Waals surface area contributed by atoms with E-state index < -0.39 is 11.4 Å². The van der Waals surface area contributed by atoms with E-state index in [2.05, 4.69) is 9.97 Å². The van der Waals surface area contributed by atoms with Gasteiger partial charge in [0.2, 0.25) is 5.91 Å². The Morgan fingerprint density at radius 3 is 3.00 bits per heavy atom. The van der Waals surface area contributed by atoms with E-state index in [1.165, 1.54) is 12.1 Å². The first kappa shape index (κ1) is 16.4. The molecule has 1 unspecified atom stereocenters. The highest BCUT2D eigenvalue weighted by Gasteiger charge is 2.39. The van der Waals surface area contributed by atoms with Gasteiger partial charge < -0.3 is 15.0 Å². The molecule has 6 nitrogen and oxygen atoms in total. The summed E-state index contributed by atoms with van der Waals surface area (Å²) >= 11 is 0. The van der Waals surface area contributed by atoms with Crippen LogP contribution in [0.2, 0.25) is 0 Å². The number of imidazole rings is 1. The third kappa shape index (κ3) is 3.25. The summed E-state index contributed by atoms with van der Waals surface area (Å²) in [7, 11) is 0. The number of carbonyl (C=O) groups excluding carboxylic acids is 1. The Morgan fingerprint density at radius 1 is 1.46 bits per heavy atom. The Morgan fingerprint density at radius 2 is 2.25 bits per heavy atom. The molecule has 24 heavy (non-hydrogen) atoms. The zero-order valence-corrected chi connectivity index (χ0v) is 13.5. The number of hydrogen-bond donors (Lipinski definition) is 2. The van der Waals surface area contributed by atoms with Crippen molar-refractivity contribution in [3.05, 3.63) is 29.8 Å². The summed E-state index contributed by atoms with van der Waals surface area (Å²) in [5.41, 5.74) is 0.397. The first-order chi connectivity index (χ1) is 11.4. The number of carbonyl (C=O) groups is 2. The van der Waals surface area contributed by atoms with Gasteiger partial charge in [-0.05, 0) is 38.0 Å². The fourth-order valence-electron chi connectivity index (χ4n) is 3.16. The van der Waals surface area contributed by atoms with Crippen LogP contribution in [0.1, 0.15) is 32.0 Å². The van der Waals surface area contributed by atoms with Crippen LogP contribution in [0.15, 0.2) is 18.2 Å². The van der Waals surface area contributed by atoms with Gasteiger partial charge in [0.05, 0.1) is 16.4 Å². The topological polar surface area (TPSA) is 86.3 Å². The van der Waals surface area contributed by atoms with Gasteiger partial charge in [0.1, 0.15) is 11.6 Å². The van der Waals surface area contributed by atoms with Gasteiger partial charge in [0.15, 0.2) is 0 Å². The average molecular weight is 333 g/mol. The number of likely N-dealkylation sites (tertiary alicyclic amines) is 1. The number of carboxylic acids is 1. The lowest BCUT2D eigenvalue weighted by Crippen LogP contribution is -2.48. The normalized spacial score (nSPS) is 21.2. The number of benzene rings is 1. The van der Waals surface area contributed by atoms with Crippen LogP contribution < -0.4 is 0 Å². The van der Waals surface area contributed by atoms with E-state index in [-0.39, 0.29) is 24.7 Å². The van der Waals surface area contributed by atoms with Gasteiger partial charge in [0, 0.05) is 25.9 Å². The van der Waals surface area contributed by atoms with E-state index in [1.54, 1.807) is 17.9 Å². The van der Waals surface area contributed by atoms with Crippen molar-refractivity contribution in [2.45, 2.75) is 32.6 Å². The van der Waals surface area contributed by atoms with Crippen molar-refractivity contribution < 1.29 is 19.1 Å². The van der Waals surface area contributed by atoms with Gasteiger partial charge >= 0.3 is 5.97 Å². The summed E-state index contributed by atoms with van der Waals surface area (Å²) < 4.78 is 13.2. The van der Waals surface area contributed by atoms with E-state index in [4.69, 9.17) is 0 Å².